The van der Waals surface area contributed by atoms with E-state index in [4.69, 9.17) is 11.6 Å². The molecule has 0 saturated carbocycles. The van der Waals surface area contributed by atoms with Crippen LogP contribution in [0.4, 0.5) is 0 Å². The van der Waals surface area contributed by atoms with Crippen molar-refractivity contribution in [2.45, 2.75) is 18.1 Å². The van der Waals surface area contributed by atoms with Gasteiger partial charge in [0.1, 0.15) is 4.70 Å². The Kier molecular flexibility index (Phi) is 5.46. The fourth-order valence-corrected chi connectivity index (χ4v) is 4.30. The molecule has 0 fully saturated rings. The van der Waals surface area contributed by atoms with Gasteiger partial charge >= 0.3 is 0 Å². The van der Waals surface area contributed by atoms with Gasteiger partial charge in [0, 0.05) is 12.1 Å². The van der Waals surface area contributed by atoms with Gasteiger partial charge in [-0.15, -0.1) is 11.3 Å². The minimum absolute atomic E-state index is 0.0904. The summed E-state index contributed by atoms with van der Waals surface area (Å²) in [7, 11) is 1.67. The van der Waals surface area contributed by atoms with Crippen molar-refractivity contribution in [3.05, 3.63) is 56.7 Å². The van der Waals surface area contributed by atoms with Crippen LogP contribution in [-0.4, -0.2) is 21.2 Å². The first-order chi connectivity index (χ1) is 12.0. The monoisotopic (exact) mass is 393 g/mol. The number of carbonyl (C=O) groups is 1. The van der Waals surface area contributed by atoms with Gasteiger partial charge < -0.3 is 5.32 Å². The highest BCUT2D eigenvalue weighted by atomic mass is 35.5. The molecule has 1 unspecified atom stereocenters. The van der Waals surface area contributed by atoms with E-state index in [0.717, 1.165) is 5.56 Å². The van der Waals surface area contributed by atoms with Gasteiger partial charge in [-0.3, -0.25) is 14.2 Å². The molecule has 25 heavy (non-hydrogen) atoms. The highest BCUT2D eigenvalue weighted by Gasteiger charge is 2.15. The van der Waals surface area contributed by atoms with Crippen LogP contribution in [0.2, 0.25) is 5.02 Å². The Balaban J connectivity index is 1.68. The number of fused-ring (bicyclic) bond motifs is 1. The van der Waals surface area contributed by atoms with Gasteiger partial charge in [-0.2, -0.15) is 0 Å². The Labute approximate surface area is 158 Å². The Morgan fingerprint density at radius 2 is 2.16 bits per heavy atom. The summed E-state index contributed by atoms with van der Waals surface area (Å²) >= 11 is 8.77. The molecule has 130 valence electrons. The lowest BCUT2D eigenvalue weighted by molar-refractivity contribution is -0.119. The number of thioether (sulfide) groups is 1. The number of nitrogens with one attached hydrogen (secondary N) is 1. The molecule has 0 spiro atoms. The second-order valence-corrected chi connectivity index (χ2v) is 7.76. The highest BCUT2D eigenvalue weighted by molar-refractivity contribution is 7.99. The molecule has 0 aliphatic rings. The van der Waals surface area contributed by atoms with Crippen LogP contribution in [-0.2, 0) is 11.8 Å². The SMILES string of the molecule is CC(NC(=O)CSc1nc2ccsc2c(=O)n1C)c1ccccc1Cl. The van der Waals surface area contributed by atoms with Crippen molar-refractivity contribution >= 4 is 50.8 Å². The van der Waals surface area contributed by atoms with Crippen molar-refractivity contribution in [2.24, 2.45) is 7.05 Å². The molecule has 0 saturated heterocycles. The molecule has 5 nitrogen and oxygen atoms in total. The number of amides is 1. The van der Waals surface area contributed by atoms with Gasteiger partial charge in [-0.05, 0) is 30.0 Å². The predicted octanol–water partition coefficient (Wildman–Crippen LogP) is 3.62. The number of nitrogens with zero attached hydrogens (tertiary/aromatic N) is 2. The number of hydrogen-bond acceptors (Lipinski definition) is 5. The number of aromatic nitrogens is 2. The summed E-state index contributed by atoms with van der Waals surface area (Å²) in [5.74, 6) is 0.0298. The molecule has 0 bridgehead atoms. The number of rotatable bonds is 5. The van der Waals surface area contributed by atoms with Crippen molar-refractivity contribution in [1.29, 1.82) is 0 Å². The van der Waals surface area contributed by atoms with Crippen molar-refractivity contribution < 1.29 is 4.79 Å². The van der Waals surface area contributed by atoms with Crippen molar-refractivity contribution in [3.8, 4) is 0 Å². The van der Waals surface area contributed by atoms with E-state index in [9.17, 15) is 9.59 Å². The summed E-state index contributed by atoms with van der Waals surface area (Å²) < 4.78 is 2.11. The predicted molar refractivity (Wildman–Crippen MR) is 104 cm³/mol. The fraction of sp³-hybridized carbons (Fsp3) is 0.235. The Morgan fingerprint density at radius 1 is 1.40 bits per heavy atom. The number of carbonyl (C=O) groups excluding carboxylic acids is 1. The first-order valence-electron chi connectivity index (χ1n) is 7.58. The number of halogens is 1. The van der Waals surface area contributed by atoms with E-state index in [1.54, 1.807) is 13.1 Å². The van der Waals surface area contributed by atoms with Crippen LogP contribution in [0.3, 0.4) is 0 Å². The quantitative estimate of drug-likeness (QED) is 0.531. The maximum absolute atomic E-state index is 12.3. The molecule has 0 radical (unpaired) electrons. The van der Waals surface area contributed by atoms with Gasteiger partial charge in [-0.1, -0.05) is 41.6 Å². The summed E-state index contributed by atoms with van der Waals surface area (Å²) in [5.41, 5.74) is 1.44. The lowest BCUT2D eigenvalue weighted by atomic mass is 10.1. The van der Waals surface area contributed by atoms with Gasteiger partial charge in [-0.25, -0.2) is 4.98 Å². The summed E-state index contributed by atoms with van der Waals surface area (Å²) in [6.45, 7) is 1.88. The van der Waals surface area contributed by atoms with Gasteiger partial charge in [0.05, 0.1) is 17.3 Å². The lowest BCUT2D eigenvalue weighted by Crippen LogP contribution is -2.29. The number of hydrogen-bond donors (Lipinski definition) is 1. The first kappa shape index (κ1) is 18.0. The molecule has 1 amide bonds. The number of benzene rings is 1. The molecule has 1 aromatic carbocycles. The molecular weight excluding hydrogens is 378 g/mol. The van der Waals surface area contributed by atoms with Crippen LogP contribution < -0.4 is 10.9 Å². The molecule has 2 heterocycles. The molecule has 0 aliphatic carbocycles. The molecule has 3 aromatic rings. The molecule has 8 heteroatoms. The fourth-order valence-electron chi connectivity index (χ4n) is 2.41. The lowest BCUT2D eigenvalue weighted by Gasteiger charge is -2.15. The third-order valence-corrected chi connectivity index (χ3v) is 5.99. The smallest absolute Gasteiger partial charge is 0.271 e. The first-order valence-corrected chi connectivity index (χ1v) is 9.82. The van der Waals surface area contributed by atoms with Crippen LogP contribution in [0, 0.1) is 0 Å². The van der Waals surface area contributed by atoms with Crippen LogP contribution in [0.25, 0.3) is 10.2 Å². The van der Waals surface area contributed by atoms with Crippen molar-refractivity contribution in [3.63, 3.8) is 0 Å². The molecule has 1 atom stereocenters. The maximum atomic E-state index is 12.3. The zero-order chi connectivity index (χ0) is 18.0. The van der Waals surface area contributed by atoms with E-state index in [2.05, 4.69) is 10.3 Å². The number of thiophene rings is 1. The van der Waals surface area contributed by atoms with Crippen LogP contribution >= 0.6 is 34.7 Å². The van der Waals surface area contributed by atoms with E-state index >= 15 is 0 Å². The average Bonchev–Trinajstić information content (AvgIpc) is 3.05. The van der Waals surface area contributed by atoms with Crippen LogP contribution in [0.15, 0.2) is 45.7 Å². The zero-order valence-electron chi connectivity index (χ0n) is 13.7. The summed E-state index contributed by atoms with van der Waals surface area (Å²) in [6, 6.07) is 9.03. The zero-order valence-corrected chi connectivity index (χ0v) is 16.0. The molecular formula is C17H16ClN3O2S2. The topological polar surface area (TPSA) is 64.0 Å². The largest absolute Gasteiger partial charge is 0.349 e. The standard InChI is InChI=1S/C17H16ClN3O2S2/c1-10(11-5-3-4-6-12(11)18)19-14(22)9-25-17-20-13-7-8-24-15(13)16(23)21(17)2/h3-8,10H,9H2,1-2H3,(H,19,22). The summed E-state index contributed by atoms with van der Waals surface area (Å²) in [4.78, 5) is 28.9. The van der Waals surface area contributed by atoms with Gasteiger partial charge in [0.25, 0.3) is 5.56 Å². The van der Waals surface area contributed by atoms with Gasteiger partial charge in [0.2, 0.25) is 5.91 Å². The van der Waals surface area contributed by atoms with Gasteiger partial charge in [0.15, 0.2) is 5.16 Å². The van der Waals surface area contributed by atoms with Crippen molar-refractivity contribution in [2.75, 3.05) is 5.75 Å². The average molecular weight is 394 g/mol. The highest BCUT2D eigenvalue weighted by Crippen LogP contribution is 2.23. The molecule has 2 aromatic heterocycles. The molecule has 1 N–H and O–H groups in total. The Bertz CT molecular complexity index is 983. The summed E-state index contributed by atoms with van der Waals surface area (Å²) in [5, 5.41) is 5.90. The third-order valence-electron chi connectivity index (χ3n) is 3.73. The van der Waals surface area contributed by atoms with E-state index in [0.29, 0.717) is 20.4 Å². The third kappa shape index (κ3) is 3.89. The van der Waals surface area contributed by atoms with E-state index in [1.165, 1.54) is 27.7 Å². The van der Waals surface area contributed by atoms with E-state index < -0.39 is 0 Å². The minimum Gasteiger partial charge on any atom is -0.349 e. The second-order valence-electron chi connectivity index (χ2n) is 5.49. The molecule has 3 rings (SSSR count). The second kappa shape index (κ2) is 7.59. The summed E-state index contributed by atoms with van der Waals surface area (Å²) in [6.07, 6.45) is 0. The van der Waals surface area contributed by atoms with Crippen molar-refractivity contribution in [1.82, 2.24) is 14.9 Å². The Hall–Kier alpha value is -1.83. The van der Waals surface area contributed by atoms with Crippen LogP contribution in [0.5, 0.6) is 0 Å². The minimum atomic E-state index is -0.196. The Morgan fingerprint density at radius 3 is 2.92 bits per heavy atom. The molecule has 0 aliphatic heterocycles. The van der Waals surface area contributed by atoms with E-state index in [-0.39, 0.29) is 23.3 Å². The maximum Gasteiger partial charge on any atom is 0.271 e. The van der Waals surface area contributed by atoms with E-state index in [1.807, 2.05) is 36.6 Å². The normalized spacial score (nSPS) is 12.3. The van der Waals surface area contributed by atoms with Crippen LogP contribution in [0.1, 0.15) is 18.5 Å².